The standard InChI is InChI=1S/C10H22N2O/c1-7(6-10(2,3)4)5-8(13)9(11)12/h7-8,13H,5-6H2,1-4H3,(H3,11,12)/t7-,8-/m0/s1. The Labute approximate surface area is 80.8 Å². The van der Waals surface area contributed by atoms with Gasteiger partial charge in [0.05, 0.1) is 0 Å². The van der Waals surface area contributed by atoms with E-state index in [1.165, 1.54) is 0 Å². The summed E-state index contributed by atoms with van der Waals surface area (Å²) in [5.41, 5.74) is 5.46. The fourth-order valence-corrected chi connectivity index (χ4v) is 1.64. The van der Waals surface area contributed by atoms with Gasteiger partial charge in [-0.15, -0.1) is 0 Å². The number of hydrogen-bond acceptors (Lipinski definition) is 2. The molecule has 0 aliphatic heterocycles. The molecule has 0 aromatic rings. The van der Waals surface area contributed by atoms with Crippen molar-refractivity contribution in [1.82, 2.24) is 0 Å². The molecule has 0 spiro atoms. The van der Waals surface area contributed by atoms with Crippen molar-refractivity contribution in [2.24, 2.45) is 17.1 Å². The molecule has 0 fully saturated rings. The minimum Gasteiger partial charge on any atom is -0.385 e. The minimum absolute atomic E-state index is 0.124. The second kappa shape index (κ2) is 4.61. The molecule has 0 saturated carbocycles. The van der Waals surface area contributed by atoms with Crippen molar-refractivity contribution in [2.45, 2.75) is 46.6 Å². The van der Waals surface area contributed by atoms with Crippen LogP contribution in [-0.4, -0.2) is 17.0 Å². The molecular formula is C10H22N2O. The first-order valence-corrected chi connectivity index (χ1v) is 4.74. The van der Waals surface area contributed by atoms with Gasteiger partial charge in [0, 0.05) is 0 Å². The molecule has 0 aliphatic rings. The Morgan fingerprint density at radius 3 is 2.23 bits per heavy atom. The number of rotatable bonds is 4. The Balaban J connectivity index is 3.88. The highest BCUT2D eigenvalue weighted by Crippen LogP contribution is 2.26. The van der Waals surface area contributed by atoms with Gasteiger partial charge in [0.25, 0.3) is 0 Å². The van der Waals surface area contributed by atoms with E-state index in [9.17, 15) is 5.11 Å². The lowest BCUT2D eigenvalue weighted by molar-refractivity contribution is 0.184. The van der Waals surface area contributed by atoms with Crippen molar-refractivity contribution in [3.63, 3.8) is 0 Å². The van der Waals surface area contributed by atoms with E-state index in [0.29, 0.717) is 12.3 Å². The Hall–Kier alpha value is -0.570. The maximum atomic E-state index is 9.34. The molecule has 0 amide bonds. The Kier molecular flexibility index (Phi) is 4.40. The summed E-state index contributed by atoms with van der Waals surface area (Å²) in [4.78, 5) is 0. The van der Waals surface area contributed by atoms with Crippen molar-refractivity contribution in [2.75, 3.05) is 0 Å². The molecule has 0 rings (SSSR count). The fraction of sp³-hybridized carbons (Fsp3) is 0.900. The third-order valence-corrected chi connectivity index (χ3v) is 1.95. The first-order chi connectivity index (χ1) is 5.72. The lowest BCUT2D eigenvalue weighted by Crippen LogP contribution is -2.30. The van der Waals surface area contributed by atoms with E-state index in [0.717, 1.165) is 6.42 Å². The van der Waals surface area contributed by atoms with Gasteiger partial charge in [0.1, 0.15) is 11.9 Å². The van der Waals surface area contributed by atoms with E-state index in [1.807, 2.05) is 0 Å². The molecule has 4 N–H and O–H groups in total. The number of aliphatic hydroxyl groups excluding tert-OH is 1. The maximum absolute atomic E-state index is 9.34. The zero-order valence-corrected chi connectivity index (χ0v) is 9.09. The predicted molar refractivity (Wildman–Crippen MR) is 55.8 cm³/mol. The highest BCUT2D eigenvalue weighted by Gasteiger charge is 2.18. The van der Waals surface area contributed by atoms with Crippen LogP contribution in [0.3, 0.4) is 0 Å². The van der Waals surface area contributed by atoms with E-state index in [1.54, 1.807) is 0 Å². The van der Waals surface area contributed by atoms with Crippen LogP contribution < -0.4 is 5.73 Å². The van der Waals surface area contributed by atoms with Gasteiger partial charge in [0.15, 0.2) is 0 Å². The van der Waals surface area contributed by atoms with Crippen molar-refractivity contribution in [3.05, 3.63) is 0 Å². The average Bonchev–Trinajstić information content (AvgIpc) is 1.81. The van der Waals surface area contributed by atoms with Gasteiger partial charge in [-0.3, -0.25) is 5.41 Å². The van der Waals surface area contributed by atoms with Crippen molar-refractivity contribution in [3.8, 4) is 0 Å². The van der Waals surface area contributed by atoms with Crippen molar-refractivity contribution < 1.29 is 5.11 Å². The topological polar surface area (TPSA) is 70.1 Å². The van der Waals surface area contributed by atoms with Crippen LogP contribution in [0.5, 0.6) is 0 Å². The van der Waals surface area contributed by atoms with E-state index in [4.69, 9.17) is 11.1 Å². The molecule has 2 atom stereocenters. The van der Waals surface area contributed by atoms with E-state index < -0.39 is 6.10 Å². The van der Waals surface area contributed by atoms with Crippen molar-refractivity contribution >= 4 is 5.84 Å². The second-order valence-corrected chi connectivity index (χ2v) is 5.08. The maximum Gasteiger partial charge on any atom is 0.120 e. The number of nitrogens with one attached hydrogen (secondary N) is 1. The smallest absolute Gasteiger partial charge is 0.120 e. The molecule has 0 aromatic carbocycles. The number of aliphatic hydroxyl groups is 1. The molecule has 0 heterocycles. The van der Waals surface area contributed by atoms with Gasteiger partial charge in [0.2, 0.25) is 0 Å². The third kappa shape index (κ3) is 6.58. The largest absolute Gasteiger partial charge is 0.385 e. The summed E-state index contributed by atoms with van der Waals surface area (Å²) in [5.74, 6) is 0.277. The van der Waals surface area contributed by atoms with Gasteiger partial charge < -0.3 is 10.8 Å². The van der Waals surface area contributed by atoms with E-state index >= 15 is 0 Å². The molecule has 0 bridgehead atoms. The van der Waals surface area contributed by atoms with Crippen LogP contribution in [0.15, 0.2) is 0 Å². The number of nitrogens with two attached hydrogens (primary N) is 1. The lowest BCUT2D eigenvalue weighted by atomic mass is 9.83. The molecule has 0 aromatic heterocycles. The second-order valence-electron chi connectivity index (χ2n) is 5.08. The third-order valence-electron chi connectivity index (χ3n) is 1.95. The van der Waals surface area contributed by atoms with Crippen LogP contribution >= 0.6 is 0 Å². The molecule has 78 valence electrons. The van der Waals surface area contributed by atoms with E-state index in [-0.39, 0.29) is 11.3 Å². The molecule has 0 saturated heterocycles. The molecule has 0 aliphatic carbocycles. The fourth-order valence-electron chi connectivity index (χ4n) is 1.64. The summed E-state index contributed by atoms with van der Waals surface area (Å²) in [7, 11) is 0. The summed E-state index contributed by atoms with van der Waals surface area (Å²) < 4.78 is 0. The van der Waals surface area contributed by atoms with E-state index in [2.05, 4.69) is 27.7 Å². The van der Waals surface area contributed by atoms with Gasteiger partial charge >= 0.3 is 0 Å². The van der Waals surface area contributed by atoms with Crippen molar-refractivity contribution in [1.29, 1.82) is 5.41 Å². The molecule has 0 radical (unpaired) electrons. The normalized spacial score (nSPS) is 16.7. The van der Waals surface area contributed by atoms with Crippen LogP contribution in [-0.2, 0) is 0 Å². The minimum atomic E-state index is -0.766. The van der Waals surface area contributed by atoms with Gasteiger partial charge in [-0.25, -0.2) is 0 Å². The average molecular weight is 186 g/mol. The summed E-state index contributed by atoms with van der Waals surface area (Å²) in [6.07, 6.45) is 0.863. The molecule has 3 heteroatoms. The lowest BCUT2D eigenvalue weighted by Gasteiger charge is -2.24. The Morgan fingerprint density at radius 1 is 1.46 bits per heavy atom. The zero-order chi connectivity index (χ0) is 10.6. The van der Waals surface area contributed by atoms with Crippen LogP contribution in [0.2, 0.25) is 0 Å². The highest BCUT2D eigenvalue weighted by atomic mass is 16.3. The van der Waals surface area contributed by atoms with Crippen LogP contribution in [0, 0.1) is 16.7 Å². The summed E-state index contributed by atoms with van der Waals surface area (Å²) in [6.45, 7) is 8.59. The van der Waals surface area contributed by atoms with Gasteiger partial charge in [-0.2, -0.15) is 0 Å². The van der Waals surface area contributed by atoms with Crippen LogP contribution in [0.25, 0.3) is 0 Å². The highest BCUT2D eigenvalue weighted by molar-refractivity contribution is 5.81. The first-order valence-electron chi connectivity index (χ1n) is 4.74. The molecule has 3 nitrogen and oxygen atoms in total. The molecule has 0 unspecified atom stereocenters. The number of hydrogen-bond donors (Lipinski definition) is 3. The van der Waals surface area contributed by atoms with Gasteiger partial charge in [-0.05, 0) is 24.2 Å². The zero-order valence-electron chi connectivity index (χ0n) is 9.09. The molecule has 13 heavy (non-hydrogen) atoms. The predicted octanol–water partition coefficient (Wildman–Crippen LogP) is 1.75. The summed E-state index contributed by atoms with van der Waals surface area (Å²) in [5, 5.41) is 16.4. The molecular weight excluding hydrogens is 164 g/mol. The van der Waals surface area contributed by atoms with Crippen LogP contribution in [0.4, 0.5) is 0 Å². The quantitative estimate of drug-likeness (QED) is 0.462. The van der Waals surface area contributed by atoms with Crippen LogP contribution in [0.1, 0.15) is 40.5 Å². The Bertz CT molecular complexity index is 172. The summed E-state index contributed by atoms with van der Waals surface area (Å²) >= 11 is 0. The SMILES string of the molecule is C[C@@H](C[C@H](O)C(=N)N)CC(C)(C)C. The number of amidine groups is 1. The monoisotopic (exact) mass is 186 g/mol. The Morgan fingerprint density at radius 2 is 1.92 bits per heavy atom. The first kappa shape index (κ1) is 12.4. The van der Waals surface area contributed by atoms with Gasteiger partial charge in [-0.1, -0.05) is 27.7 Å². The summed E-state index contributed by atoms with van der Waals surface area (Å²) in [6, 6.07) is 0.